The summed E-state index contributed by atoms with van der Waals surface area (Å²) in [5.74, 6) is -0.912. The zero-order valence-corrected chi connectivity index (χ0v) is 18.9. The van der Waals surface area contributed by atoms with Gasteiger partial charge in [-0.25, -0.2) is 4.79 Å². The number of hydrogen-bond acceptors (Lipinski definition) is 7. The number of benzene rings is 1. The van der Waals surface area contributed by atoms with E-state index in [1.54, 1.807) is 24.5 Å². The van der Waals surface area contributed by atoms with Crippen LogP contribution in [0.5, 0.6) is 0 Å². The molecule has 0 amide bonds. The number of aromatic carboxylic acids is 1. The van der Waals surface area contributed by atoms with Crippen LogP contribution in [-0.4, -0.2) is 46.3 Å². The molecule has 0 aliphatic heterocycles. The molecule has 32 heavy (non-hydrogen) atoms. The van der Waals surface area contributed by atoms with E-state index in [9.17, 15) is 4.79 Å². The van der Waals surface area contributed by atoms with Crippen molar-refractivity contribution in [3.05, 3.63) is 95.6 Å². The normalized spacial score (nSPS) is 8.78. The number of hydrogen-bond donors (Lipinski definition) is 1. The Balaban J connectivity index is 0. The van der Waals surface area contributed by atoms with E-state index < -0.39 is 5.97 Å². The smallest absolute Gasteiger partial charge is 0.573 e. The molecule has 0 unspecified atom stereocenters. The Morgan fingerprint density at radius 1 is 0.719 bits per heavy atom. The number of rotatable bonds is 7. The van der Waals surface area contributed by atoms with Crippen LogP contribution in [0.1, 0.15) is 27.3 Å². The zero-order valence-electron chi connectivity index (χ0n) is 16.9. The third-order valence-electron chi connectivity index (χ3n) is 3.83. The standard InChI is InChI=1S/C20H19N3O2.3CO.Mo/c24-20(25)17-9-7-16(8-10-17)13-23(14-18-5-1-3-11-21-18)15-19-6-2-4-12-22-19;3*1-2;/h1-12H,13-15H2,(H,24,25);;;;/q;3*-1;+4. The number of nitrogens with zero attached hydrogens (tertiary/aromatic N) is 3. The zero-order chi connectivity index (χ0) is 23.5. The number of carbonyl (C=O) groups excluding carboxylic acids is 3. The third kappa shape index (κ3) is 11.7. The first-order valence-electron chi connectivity index (χ1n) is 8.66. The van der Waals surface area contributed by atoms with Gasteiger partial charge in [0, 0.05) is 32.0 Å². The molecule has 0 aliphatic carbocycles. The minimum absolute atomic E-state index is 0. The molecule has 0 saturated carbocycles. The van der Waals surface area contributed by atoms with Gasteiger partial charge in [-0.05, 0) is 42.0 Å². The Morgan fingerprint density at radius 3 is 1.50 bits per heavy atom. The molecule has 3 aromatic rings. The first-order valence-corrected chi connectivity index (χ1v) is 8.66. The molecule has 3 rings (SSSR count). The van der Waals surface area contributed by atoms with Crippen molar-refractivity contribution in [1.82, 2.24) is 14.9 Å². The third-order valence-corrected chi connectivity index (χ3v) is 3.83. The number of carboxylic acids is 1. The number of carbonyl (C=O) groups is 1. The van der Waals surface area contributed by atoms with Crippen molar-refractivity contribution in [2.24, 2.45) is 0 Å². The van der Waals surface area contributed by atoms with Gasteiger partial charge in [-0.3, -0.25) is 14.9 Å². The second-order valence-electron chi connectivity index (χ2n) is 5.79. The minimum Gasteiger partial charge on any atom is -0.573 e. The Morgan fingerprint density at radius 2 is 1.16 bits per heavy atom. The van der Waals surface area contributed by atoms with Crippen molar-refractivity contribution in [1.29, 1.82) is 0 Å². The quantitative estimate of drug-likeness (QED) is 0.378. The van der Waals surface area contributed by atoms with Crippen molar-refractivity contribution >= 4 is 26.3 Å². The van der Waals surface area contributed by atoms with E-state index >= 15 is 0 Å². The molecule has 0 fully saturated rings. The van der Waals surface area contributed by atoms with Crippen LogP contribution in [0, 0.1) is 0 Å². The fourth-order valence-electron chi connectivity index (χ4n) is 2.62. The van der Waals surface area contributed by atoms with Crippen LogP contribution in [-0.2, 0) is 55.1 Å². The van der Waals surface area contributed by atoms with Gasteiger partial charge in [-0.15, -0.1) is 0 Å². The summed E-state index contributed by atoms with van der Waals surface area (Å²) < 4.78 is 0. The van der Waals surface area contributed by atoms with Gasteiger partial charge in [0.15, 0.2) is 0 Å². The van der Waals surface area contributed by atoms with Crippen LogP contribution in [0.4, 0.5) is 0 Å². The van der Waals surface area contributed by atoms with Crippen LogP contribution in [0.25, 0.3) is 0 Å². The Hall–Kier alpha value is -3.35. The van der Waals surface area contributed by atoms with Gasteiger partial charge < -0.3 is 39.9 Å². The van der Waals surface area contributed by atoms with E-state index in [0.717, 1.165) is 17.0 Å². The second-order valence-corrected chi connectivity index (χ2v) is 5.79. The average molecular weight is 513 g/mol. The van der Waals surface area contributed by atoms with Gasteiger partial charge >= 0.3 is 27.0 Å². The summed E-state index contributed by atoms with van der Waals surface area (Å²) in [5, 5.41) is 9.02. The molecule has 1 aromatic carbocycles. The molecule has 1 N–H and O–H groups in total. The molecule has 3 radical (unpaired) electrons. The van der Waals surface area contributed by atoms with E-state index in [1.165, 1.54) is 0 Å². The maximum absolute atomic E-state index is 11.0. The number of pyridine rings is 2. The van der Waals surface area contributed by atoms with Crippen LogP contribution < -0.4 is 0 Å². The minimum atomic E-state index is -0.912. The Kier molecular flexibility index (Phi) is 18.9. The van der Waals surface area contributed by atoms with Gasteiger partial charge in [0.05, 0.1) is 17.0 Å². The predicted octanol–water partition coefficient (Wildman–Crippen LogP) is 2.18. The van der Waals surface area contributed by atoms with Gasteiger partial charge in [0.2, 0.25) is 0 Å². The molecule has 2 aromatic heterocycles. The fourth-order valence-corrected chi connectivity index (χ4v) is 2.62. The van der Waals surface area contributed by atoms with Crippen LogP contribution in [0.3, 0.4) is 0 Å². The van der Waals surface area contributed by atoms with E-state index in [4.69, 9.17) is 19.5 Å². The summed E-state index contributed by atoms with van der Waals surface area (Å²) in [6.07, 6.45) is 3.58. The van der Waals surface area contributed by atoms with Gasteiger partial charge in [0.25, 0.3) is 0 Å². The molecule has 161 valence electrons. The summed E-state index contributed by atoms with van der Waals surface area (Å²) in [6, 6.07) is 18.7. The van der Waals surface area contributed by atoms with Gasteiger partial charge in [0.1, 0.15) is 0 Å². The monoisotopic (exact) mass is 515 g/mol. The summed E-state index contributed by atoms with van der Waals surface area (Å²) in [7, 11) is 0. The van der Waals surface area contributed by atoms with Gasteiger partial charge in [-0.2, -0.15) is 0 Å². The Bertz CT molecular complexity index is 822. The molecule has 8 nitrogen and oxygen atoms in total. The number of aromatic nitrogens is 2. The summed E-state index contributed by atoms with van der Waals surface area (Å²) in [5.41, 5.74) is 3.32. The summed E-state index contributed by atoms with van der Waals surface area (Å²) in [4.78, 5) is 44.5. The van der Waals surface area contributed by atoms with E-state index in [0.29, 0.717) is 25.2 Å². The molecule has 0 aliphatic rings. The first-order chi connectivity index (χ1) is 15.2. The van der Waals surface area contributed by atoms with Gasteiger partial charge in [-0.1, -0.05) is 24.3 Å². The average Bonchev–Trinajstić information content (AvgIpc) is 2.84. The number of carboxylic acid groups (broad SMARTS) is 1. The van der Waals surface area contributed by atoms with Crippen molar-refractivity contribution in [3.63, 3.8) is 0 Å². The van der Waals surface area contributed by atoms with Crippen molar-refractivity contribution in [3.8, 4) is 0 Å². The van der Waals surface area contributed by atoms with Crippen molar-refractivity contribution in [2.45, 2.75) is 19.6 Å². The van der Waals surface area contributed by atoms with Crippen LogP contribution in [0.2, 0.25) is 0 Å². The molecule has 0 saturated heterocycles. The second kappa shape index (κ2) is 19.6. The van der Waals surface area contributed by atoms with E-state index in [2.05, 4.69) is 35.2 Å². The van der Waals surface area contributed by atoms with Crippen molar-refractivity contribution < 1.29 is 45.3 Å². The molecule has 9 heteroatoms. The maximum Gasteiger partial charge on any atom is 4.00 e. The molecule has 0 atom stereocenters. The molecule has 2 heterocycles. The Labute approximate surface area is 201 Å². The molecular weight excluding hydrogens is 494 g/mol. The van der Waals surface area contributed by atoms with E-state index in [-0.39, 0.29) is 21.1 Å². The SMILES string of the molecule is O=C(O)c1ccc(CN(Cc2ccccn2)Cc2ccccn2)cc1.[C-]=O.[C-]=O.[C-]=O.[Mo+4]. The van der Waals surface area contributed by atoms with Crippen LogP contribution >= 0.6 is 0 Å². The molecule has 0 bridgehead atoms. The fraction of sp³-hybridized carbons (Fsp3) is 0.130. The van der Waals surface area contributed by atoms with Crippen molar-refractivity contribution in [2.75, 3.05) is 0 Å². The summed E-state index contributed by atoms with van der Waals surface area (Å²) >= 11 is 0. The van der Waals surface area contributed by atoms with Crippen LogP contribution in [0.15, 0.2) is 73.1 Å². The maximum atomic E-state index is 11.0. The molecular formula is C23H19MoN3O5+. The predicted molar refractivity (Wildman–Crippen MR) is 112 cm³/mol. The first kappa shape index (κ1) is 30.8. The molecule has 0 spiro atoms. The van der Waals surface area contributed by atoms with E-state index in [1.807, 2.05) is 48.5 Å². The summed E-state index contributed by atoms with van der Waals surface area (Å²) in [6.45, 7) is 15.6. The topological polar surface area (TPSA) is 118 Å². The largest absolute Gasteiger partial charge is 4.00 e.